The maximum absolute atomic E-state index is 13.4. The van der Waals surface area contributed by atoms with Crippen LogP contribution in [0, 0.1) is 11.3 Å². The molecule has 0 unspecified atom stereocenters. The average Bonchev–Trinajstić information content (AvgIpc) is 3.68. The number of aromatic nitrogens is 2. The molecule has 13 heteroatoms. The van der Waals surface area contributed by atoms with Gasteiger partial charge in [-0.3, -0.25) is 19.8 Å². The van der Waals surface area contributed by atoms with E-state index < -0.39 is 18.2 Å². The Labute approximate surface area is 237 Å². The summed E-state index contributed by atoms with van der Waals surface area (Å²) in [6.45, 7) is 1.84. The molecule has 0 bridgehead atoms. The summed E-state index contributed by atoms with van der Waals surface area (Å²) in [6, 6.07) is 4.88. The van der Waals surface area contributed by atoms with Gasteiger partial charge in [-0.15, -0.1) is 0 Å². The molecule has 41 heavy (non-hydrogen) atoms. The molecular weight excluding hydrogens is 532 g/mol. The van der Waals surface area contributed by atoms with E-state index in [0.29, 0.717) is 63.3 Å². The summed E-state index contributed by atoms with van der Waals surface area (Å²) in [5.41, 5.74) is 1.78. The van der Waals surface area contributed by atoms with Gasteiger partial charge in [0.15, 0.2) is 12.4 Å². The number of amides is 3. The van der Waals surface area contributed by atoms with Crippen LogP contribution in [-0.2, 0) is 32.0 Å². The predicted molar refractivity (Wildman–Crippen MR) is 145 cm³/mol. The first-order valence-corrected chi connectivity index (χ1v) is 13.5. The Morgan fingerprint density at radius 3 is 2.85 bits per heavy atom. The van der Waals surface area contributed by atoms with Crippen molar-refractivity contribution in [1.82, 2.24) is 14.9 Å². The number of aryl methyl sites for hydroxylation is 1. The SMILES string of the molecule is CO[C@H]1COC[C@@H]1Oc1cc(NC(=O)N2CCCc3cc(CN(C)C(=O)[C@H]4CCCO4)c(C=O)nc32)ncc1C#N. The van der Waals surface area contributed by atoms with Crippen LogP contribution in [0.15, 0.2) is 18.3 Å². The Kier molecular flexibility index (Phi) is 8.72. The van der Waals surface area contributed by atoms with Gasteiger partial charge in [0.2, 0.25) is 0 Å². The van der Waals surface area contributed by atoms with Gasteiger partial charge in [-0.05, 0) is 37.3 Å². The zero-order chi connectivity index (χ0) is 28.9. The zero-order valence-electron chi connectivity index (χ0n) is 23.0. The number of urea groups is 1. The molecule has 216 valence electrons. The normalized spacial score (nSPS) is 21.6. The van der Waals surface area contributed by atoms with Gasteiger partial charge >= 0.3 is 6.03 Å². The molecule has 3 atom stereocenters. The van der Waals surface area contributed by atoms with Crippen molar-refractivity contribution in [3.05, 3.63) is 40.7 Å². The van der Waals surface area contributed by atoms with E-state index >= 15 is 0 Å². The van der Waals surface area contributed by atoms with Crippen LogP contribution in [0.4, 0.5) is 16.4 Å². The molecule has 0 aromatic carbocycles. The van der Waals surface area contributed by atoms with Gasteiger partial charge < -0.3 is 23.8 Å². The molecule has 0 radical (unpaired) electrons. The fourth-order valence-corrected chi connectivity index (χ4v) is 5.21. The van der Waals surface area contributed by atoms with E-state index in [2.05, 4.69) is 15.3 Å². The first-order chi connectivity index (χ1) is 19.9. The summed E-state index contributed by atoms with van der Waals surface area (Å²) in [7, 11) is 3.24. The van der Waals surface area contributed by atoms with Gasteiger partial charge in [0.1, 0.15) is 46.9 Å². The molecule has 2 saturated heterocycles. The monoisotopic (exact) mass is 564 g/mol. The molecule has 2 fully saturated rings. The van der Waals surface area contributed by atoms with Crippen LogP contribution < -0.4 is 15.0 Å². The number of nitrogens with zero attached hydrogens (tertiary/aromatic N) is 5. The van der Waals surface area contributed by atoms with Crippen LogP contribution in [0.5, 0.6) is 5.75 Å². The summed E-state index contributed by atoms with van der Waals surface area (Å²) in [6.07, 6.45) is 3.69. The Morgan fingerprint density at radius 1 is 1.29 bits per heavy atom. The standard InChI is InChI=1S/C28H32N6O7/c1-33(27(36)21-6-4-8-40-21)13-18-9-17-5-3-7-34(26(17)31-20(18)14-35)28(37)32-25-10-22(19(11-29)12-30-25)41-24-16-39-15-23(24)38-2/h9-10,12,14,21,23-24H,3-8,13,15-16H2,1-2H3,(H,30,32,37)/t21-,23+,24+/m1/s1. The summed E-state index contributed by atoms with van der Waals surface area (Å²) in [4.78, 5) is 49.8. The molecule has 3 aliphatic heterocycles. The quantitative estimate of drug-likeness (QED) is 0.471. The lowest BCUT2D eigenvalue weighted by molar-refractivity contribution is -0.140. The maximum Gasteiger partial charge on any atom is 0.328 e. The number of fused-ring (bicyclic) bond motifs is 1. The smallest absolute Gasteiger partial charge is 0.328 e. The summed E-state index contributed by atoms with van der Waals surface area (Å²) in [5, 5.41) is 12.3. The molecule has 2 aromatic rings. The molecule has 13 nitrogen and oxygen atoms in total. The minimum Gasteiger partial charge on any atom is -0.484 e. The molecule has 0 aliphatic carbocycles. The number of ether oxygens (including phenoxy) is 4. The molecule has 3 amide bonds. The van der Waals surface area contributed by atoms with Crippen molar-refractivity contribution < 1.29 is 33.3 Å². The van der Waals surface area contributed by atoms with Crippen LogP contribution in [0.25, 0.3) is 0 Å². The van der Waals surface area contributed by atoms with E-state index in [0.717, 1.165) is 12.0 Å². The van der Waals surface area contributed by atoms with Gasteiger partial charge in [-0.2, -0.15) is 5.26 Å². The number of carbonyl (C=O) groups is 3. The minimum atomic E-state index is -0.490. The highest BCUT2D eigenvalue weighted by Gasteiger charge is 2.32. The van der Waals surface area contributed by atoms with Gasteiger partial charge in [-0.1, -0.05) is 0 Å². The maximum atomic E-state index is 13.4. The number of aldehydes is 1. The first kappa shape index (κ1) is 28.4. The van der Waals surface area contributed by atoms with Gasteiger partial charge in [0, 0.05) is 45.5 Å². The van der Waals surface area contributed by atoms with Crippen molar-refractivity contribution in [2.75, 3.05) is 50.7 Å². The fourth-order valence-electron chi connectivity index (χ4n) is 5.21. The van der Waals surface area contributed by atoms with Crippen molar-refractivity contribution in [3.63, 3.8) is 0 Å². The molecular formula is C28H32N6O7. The summed E-state index contributed by atoms with van der Waals surface area (Å²) >= 11 is 0. The highest BCUT2D eigenvalue weighted by atomic mass is 16.6. The van der Waals surface area contributed by atoms with E-state index in [4.69, 9.17) is 18.9 Å². The lowest BCUT2D eigenvalue weighted by Crippen LogP contribution is -2.40. The van der Waals surface area contributed by atoms with Crippen molar-refractivity contribution >= 4 is 29.9 Å². The second kappa shape index (κ2) is 12.6. The number of likely N-dealkylation sites (N-methyl/N-ethyl adjacent to an activating group) is 1. The number of methoxy groups -OCH3 is 1. The second-order valence-corrected chi connectivity index (χ2v) is 10.2. The molecule has 5 rings (SSSR count). The highest BCUT2D eigenvalue weighted by molar-refractivity contribution is 6.01. The zero-order valence-corrected chi connectivity index (χ0v) is 23.0. The molecule has 1 N–H and O–H groups in total. The number of carbonyl (C=O) groups excluding carboxylic acids is 3. The summed E-state index contributed by atoms with van der Waals surface area (Å²) in [5.74, 6) is 0.686. The Morgan fingerprint density at radius 2 is 2.12 bits per heavy atom. The number of nitriles is 1. The molecule has 2 aromatic heterocycles. The lowest BCUT2D eigenvalue weighted by atomic mass is 10.0. The molecule has 3 aliphatic rings. The Bertz CT molecular complexity index is 1360. The Hall–Kier alpha value is -4.12. The predicted octanol–water partition coefficient (Wildman–Crippen LogP) is 2.08. The van der Waals surface area contributed by atoms with Crippen LogP contribution in [0.3, 0.4) is 0 Å². The third-order valence-corrected chi connectivity index (χ3v) is 7.40. The largest absolute Gasteiger partial charge is 0.484 e. The third kappa shape index (κ3) is 6.14. The van der Waals surface area contributed by atoms with Crippen molar-refractivity contribution in [2.24, 2.45) is 0 Å². The van der Waals surface area contributed by atoms with Gasteiger partial charge in [-0.25, -0.2) is 14.8 Å². The third-order valence-electron chi connectivity index (χ3n) is 7.40. The highest BCUT2D eigenvalue weighted by Crippen LogP contribution is 2.30. The topological polar surface area (TPSA) is 156 Å². The number of hydrogen-bond acceptors (Lipinski definition) is 10. The van der Waals surface area contributed by atoms with Crippen LogP contribution in [0.2, 0.25) is 0 Å². The van der Waals surface area contributed by atoms with Gasteiger partial charge in [0.05, 0.1) is 19.4 Å². The number of rotatable bonds is 8. The number of hydrogen-bond donors (Lipinski definition) is 1. The van der Waals surface area contributed by atoms with Crippen molar-refractivity contribution in [3.8, 4) is 11.8 Å². The van der Waals surface area contributed by atoms with Gasteiger partial charge in [0.25, 0.3) is 5.91 Å². The second-order valence-electron chi connectivity index (χ2n) is 10.2. The van der Waals surface area contributed by atoms with Crippen molar-refractivity contribution in [1.29, 1.82) is 5.26 Å². The van der Waals surface area contributed by atoms with Crippen LogP contribution in [-0.4, -0.2) is 91.9 Å². The van der Waals surface area contributed by atoms with E-state index in [1.54, 1.807) is 19.1 Å². The molecule has 5 heterocycles. The Balaban J connectivity index is 1.33. The molecule has 0 spiro atoms. The number of anilines is 2. The molecule has 0 saturated carbocycles. The lowest BCUT2D eigenvalue weighted by Gasteiger charge is -2.29. The fraction of sp³-hybridized carbons (Fsp3) is 0.500. The number of pyridine rings is 2. The van der Waals surface area contributed by atoms with Crippen LogP contribution >= 0.6 is 0 Å². The average molecular weight is 565 g/mol. The first-order valence-electron chi connectivity index (χ1n) is 13.5. The van der Waals surface area contributed by atoms with E-state index in [9.17, 15) is 19.6 Å². The number of nitrogens with one attached hydrogen (secondary N) is 1. The van der Waals surface area contributed by atoms with E-state index in [-0.39, 0.29) is 41.4 Å². The van der Waals surface area contributed by atoms with E-state index in [1.165, 1.54) is 17.2 Å². The van der Waals surface area contributed by atoms with Crippen molar-refractivity contribution in [2.45, 2.75) is 50.5 Å². The minimum absolute atomic E-state index is 0.130. The van der Waals surface area contributed by atoms with Crippen LogP contribution in [0.1, 0.15) is 46.4 Å². The summed E-state index contributed by atoms with van der Waals surface area (Å²) < 4.78 is 22.3. The van der Waals surface area contributed by atoms with E-state index in [1.807, 2.05) is 12.1 Å².